The van der Waals surface area contributed by atoms with Crippen molar-refractivity contribution in [2.45, 2.75) is 0 Å². The van der Waals surface area contributed by atoms with E-state index in [1.807, 2.05) is 0 Å². The van der Waals surface area contributed by atoms with Gasteiger partial charge in [-0.15, -0.1) is 0 Å². The van der Waals surface area contributed by atoms with Gasteiger partial charge in [-0.1, -0.05) is 12.1 Å². The molecule has 1 nitrogen and oxygen atoms in total. The molecule has 0 saturated carbocycles. The van der Waals surface area contributed by atoms with E-state index in [2.05, 4.69) is 0 Å². The second-order valence-electron chi connectivity index (χ2n) is 3.43. The lowest BCUT2D eigenvalue weighted by molar-refractivity contribution is 0.577. The van der Waals surface area contributed by atoms with Gasteiger partial charge in [-0.3, -0.25) is 0 Å². The highest BCUT2D eigenvalue weighted by molar-refractivity contribution is 5.64. The average Bonchev–Trinajstić information content (AvgIpc) is 2.29. The summed E-state index contributed by atoms with van der Waals surface area (Å²) in [6, 6.07) is 8.76. The van der Waals surface area contributed by atoms with Crippen LogP contribution in [-0.2, 0) is 0 Å². The lowest BCUT2D eigenvalue weighted by Crippen LogP contribution is -1.91. The van der Waals surface area contributed by atoms with E-state index < -0.39 is 23.0 Å². The van der Waals surface area contributed by atoms with Crippen molar-refractivity contribution >= 4 is 0 Å². The van der Waals surface area contributed by atoms with E-state index >= 15 is 0 Å². The smallest absolute Gasteiger partial charge is 0.144 e. The fourth-order valence-electron chi connectivity index (χ4n) is 1.49. The Kier molecular flexibility index (Phi) is 2.84. The molecular formula is C13H6F3N. The van der Waals surface area contributed by atoms with E-state index in [9.17, 15) is 13.2 Å². The van der Waals surface area contributed by atoms with Crippen LogP contribution in [0.15, 0.2) is 36.4 Å². The molecule has 0 bridgehead atoms. The summed E-state index contributed by atoms with van der Waals surface area (Å²) >= 11 is 0. The molecule has 0 aromatic heterocycles. The van der Waals surface area contributed by atoms with Crippen molar-refractivity contribution in [1.29, 1.82) is 5.26 Å². The van der Waals surface area contributed by atoms with E-state index in [4.69, 9.17) is 5.26 Å². The molecule has 0 atom stereocenters. The van der Waals surface area contributed by atoms with E-state index in [-0.39, 0.29) is 5.56 Å². The topological polar surface area (TPSA) is 23.8 Å². The molecule has 0 fully saturated rings. The average molecular weight is 233 g/mol. The number of rotatable bonds is 1. The zero-order chi connectivity index (χ0) is 12.4. The molecule has 84 valence electrons. The Hall–Kier alpha value is -2.28. The summed E-state index contributed by atoms with van der Waals surface area (Å²) in [5.41, 5.74) is 0.128. The first kappa shape index (κ1) is 11.2. The van der Waals surface area contributed by atoms with Gasteiger partial charge in [0.15, 0.2) is 0 Å². The Bertz CT molecular complexity index is 574. The zero-order valence-corrected chi connectivity index (χ0v) is 8.55. The molecule has 0 heterocycles. The minimum atomic E-state index is -0.924. The number of halogens is 3. The van der Waals surface area contributed by atoms with E-state index in [1.54, 1.807) is 0 Å². The Morgan fingerprint density at radius 2 is 1.35 bits per heavy atom. The summed E-state index contributed by atoms with van der Waals surface area (Å²) in [5.74, 6) is -2.28. The maximum atomic E-state index is 13.3. The van der Waals surface area contributed by atoms with Gasteiger partial charge in [0.05, 0.1) is 0 Å². The molecule has 0 amide bonds. The first-order chi connectivity index (χ1) is 8.11. The second-order valence-corrected chi connectivity index (χ2v) is 3.43. The maximum absolute atomic E-state index is 13.3. The Morgan fingerprint density at radius 1 is 0.824 bits per heavy atom. The number of nitriles is 1. The quantitative estimate of drug-likeness (QED) is 0.737. The second kappa shape index (κ2) is 4.30. The van der Waals surface area contributed by atoms with Gasteiger partial charge in [-0.25, -0.2) is 13.2 Å². The van der Waals surface area contributed by atoms with Crippen LogP contribution in [0.2, 0.25) is 0 Å². The largest absolute Gasteiger partial charge is 0.207 e. The lowest BCUT2D eigenvalue weighted by atomic mass is 10.0. The molecule has 0 N–H and O–H groups in total. The van der Waals surface area contributed by atoms with Crippen molar-refractivity contribution in [3.05, 3.63) is 59.4 Å². The summed E-state index contributed by atoms with van der Waals surface area (Å²) < 4.78 is 39.4. The van der Waals surface area contributed by atoms with Gasteiger partial charge in [0.25, 0.3) is 0 Å². The summed E-state index contributed by atoms with van der Waals surface area (Å²) in [6.07, 6.45) is 0. The molecule has 0 saturated heterocycles. The highest BCUT2D eigenvalue weighted by Crippen LogP contribution is 2.24. The van der Waals surface area contributed by atoms with Crippen LogP contribution in [0.25, 0.3) is 11.1 Å². The van der Waals surface area contributed by atoms with Crippen LogP contribution < -0.4 is 0 Å². The maximum Gasteiger partial charge on any atom is 0.144 e. The van der Waals surface area contributed by atoms with E-state index in [0.717, 1.165) is 12.1 Å². The summed E-state index contributed by atoms with van der Waals surface area (Å²) in [7, 11) is 0. The summed E-state index contributed by atoms with van der Waals surface area (Å²) in [6.45, 7) is 0. The molecule has 0 aliphatic carbocycles. The third-order valence-electron chi connectivity index (χ3n) is 2.33. The fourth-order valence-corrected chi connectivity index (χ4v) is 1.49. The van der Waals surface area contributed by atoms with Crippen LogP contribution in [0.5, 0.6) is 0 Å². The van der Waals surface area contributed by atoms with Gasteiger partial charge in [0, 0.05) is 0 Å². The first-order valence-electron chi connectivity index (χ1n) is 4.77. The van der Waals surface area contributed by atoms with Gasteiger partial charge >= 0.3 is 0 Å². The third kappa shape index (κ3) is 2.13. The fraction of sp³-hybridized carbons (Fsp3) is 0. The molecular weight excluding hydrogens is 227 g/mol. The van der Waals surface area contributed by atoms with E-state index in [1.165, 1.54) is 30.3 Å². The molecule has 0 aliphatic heterocycles. The van der Waals surface area contributed by atoms with Gasteiger partial charge in [-0.2, -0.15) is 5.26 Å². The van der Waals surface area contributed by atoms with Gasteiger partial charge in [0.1, 0.15) is 29.1 Å². The van der Waals surface area contributed by atoms with Crippen molar-refractivity contribution in [1.82, 2.24) is 0 Å². The Labute approximate surface area is 95.7 Å². The Morgan fingerprint density at radius 3 is 1.82 bits per heavy atom. The minimum Gasteiger partial charge on any atom is -0.207 e. The van der Waals surface area contributed by atoms with Crippen LogP contribution in [0, 0.1) is 28.8 Å². The van der Waals surface area contributed by atoms with E-state index in [0.29, 0.717) is 5.56 Å². The monoisotopic (exact) mass is 233 g/mol. The molecule has 17 heavy (non-hydrogen) atoms. The molecule has 0 radical (unpaired) electrons. The Balaban J connectivity index is 2.55. The minimum absolute atomic E-state index is 0.263. The summed E-state index contributed by atoms with van der Waals surface area (Å²) in [4.78, 5) is 0. The molecule has 2 aromatic carbocycles. The molecule has 2 rings (SSSR count). The molecule has 0 unspecified atom stereocenters. The number of benzene rings is 2. The normalized spacial score (nSPS) is 10.0. The zero-order valence-electron chi connectivity index (χ0n) is 8.55. The van der Waals surface area contributed by atoms with Crippen LogP contribution in [-0.4, -0.2) is 0 Å². The standard InChI is InChI=1S/C13H6F3N/c14-10-3-1-8(2-4-10)9-5-12(15)11(7-17)13(16)6-9/h1-6H. The number of hydrogen-bond donors (Lipinski definition) is 0. The van der Waals surface area contributed by atoms with Crippen LogP contribution in [0.1, 0.15) is 5.56 Å². The highest BCUT2D eigenvalue weighted by Gasteiger charge is 2.11. The predicted molar refractivity (Wildman–Crippen MR) is 56.5 cm³/mol. The van der Waals surface area contributed by atoms with Gasteiger partial charge in [0.2, 0.25) is 0 Å². The van der Waals surface area contributed by atoms with Crippen molar-refractivity contribution < 1.29 is 13.2 Å². The highest BCUT2D eigenvalue weighted by atomic mass is 19.1. The lowest BCUT2D eigenvalue weighted by Gasteiger charge is -2.04. The first-order valence-corrected chi connectivity index (χ1v) is 4.77. The molecule has 0 aliphatic rings. The van der Waals surface area contributed by atoms with Crippen LogP contribution in [0.4, 0.5) is 13.2 Å². The van der Waals surface area contributed by atoms with Crippen molar-refractivity contribution in [3.8, 4) is 17.2 Å². The van der Waals surface area contributed by atoms with Crippen LogP contribution in [0.3, 0.4) is 0 Å². The third-order valence-corrected chi connectivity index (χ3v) is 2.33. The van der Waals surface area contributed by atoms with Crippen molar-refractivity contribution in [2.24, 2.45) is 0 Å². The van der Waals surface area contributed by atoms with Crippen molar-refractivity contribution in [3.63, 3.8) is 0 Å². The van der Waals surface area contributed by atoms with Gasteiger partial charge in [-0.05, 0) is 35.4 Å². The number of nitrogens with zero attached hydrogens (tertiary/aromatic N) is 1. The SMILES string of the molecule is N#Cc1c(F)cc(-c2ccc(F)cc2)cc1F. The number of hydrogen-bond acceptors (Lipinski definition) is 1. The van der Waals surface area contributed by atoms with Crippen LogP contribution >= 0.6 is 0 Å². The predicted octanol–water partition coefficient (Wildman–Crippen LogP) is 3.64. The van der Waals surface area contributed by atoms with Gasteiger partial charge < -0.3 is 0 Å². The molecule has 2 aromatic rings. The molecule has 4 heteroatoms. The summed E-state index contributed by atoms with van der Waals surface area (Å²) in [5, 5.41) is 8.52. The molecule has 0 spiro atoms. The van der Waals surface area contributed by atoms with Crippen molar-refractivity contribution in [2.75, 3.05) is 0 Å².